The summed E-state index contributed by atoms with van der Waals surface area (Å²) in [6.45, 7) is 4.03. The zero-order valence-electron chi connectivity index (χ0n) is 10.7. The van der Waals surface area contributed by atoms with Crippen molar-refractivity contribution >= 4 is 18.2 Å². The number of aromatic nitrogens is 2. The Kier molecular flexibility index (Phi) is 4.02. The minimum atomic E-state index is 0.936. The van der Waals surface area contributed by atoms with Gasteiger partial charge in [-0.05, 0) is 49.3 Å². The number of aryl methyl sites for hydroxylation is 1. The van der Waals surface area contributed by atoms with Crippen LogP contribution in [0.4, 0.5) is 0 Å². The monoisotopic (exact) mass is 236 g/mol. The highest BCUT2D eigenvalue weighted by Crippen LogP contribution is 2.07. The molecule has 0 bridgehead atoms. The fraction of sp³-hybridized carbons (Fsp3) is 0.125. The molecular weight excluding hydrogens is 220 g/mol. The maximum atomic E-state index is 4.36. The number of hydrogen-bond donors (Lipinski definition) is 0. The molecule has 0 atom stereocenters. The normalized spacial score (nSPS) is 11.4. The molecule has 2 nitrogen and oxygen atoms in total. The van der Waals surface area contributed by atoms with Crippen LogP contribution in [0, 0.1) is 6.92 Å². The van der Waals surface area contributed by atoms with Crippen molar-refractivity contribution < 1.29 is 0 Å². The van der Waals surface area contributed by atoms with E-state index in [1.54, 1.807) is 0 Å². The minimum Gasteiger partial charge on any atom is -0.257 e. The molecule has 0 N–H and O–H groups in total. The molecule has 2 rings (SSSR count). The first-order valence-corrected chi connectivity index (χ1v) is 5.97. The van der Waals surface area contributed by atoms with Crippen LogP contribution in [0.1, 0.15) is 29.4 Å². The fourth-order valence-electron chi connectivity index (χ4n) is 1.55. The van der Waals surface area contributed by atoms with E-state index in [-0.39, 0.29) is 0 Å². The quantitative estimate of drug-likeness (QED) is 0.805. The van der Waals surface area contributed by atoms with E-state index in [0.717, 1.165) is 17.0 Å². The Balaban J connectivity index is 2.11. The highest BCUT2D eigenvalue weighted by Gasteiger charge is 1.91. The molecule has 2 aromatic heterocycles. The fourth-order valence-corrected chi connectivity index (χ4v) is 1.55. The van der Waals surface area contributed by atoms with Crippen LogP contribution >= 0.6 is 0 Å². The Labute approximate surface area is 108 Å². The van der Waals surface area contributed by atoms with Crippen molar-refractivity contribution in [2.45, 2.75) is 13.8 Å². The predicted octanol–water partition coefficient (Wildman–Crippen LogP) is 3.99. The van der Waals surface area contributed by atoms with Crippen molar-refractivity contribution in [1.82, 2.24) is 9.97 Å². The number of pyridine rings is 2. The highest BCUT2D eigenvalue weighted by atomic mass is 14.7. The van der Waals surface area contributed by atoms with E-state index in [4.69, 9.17) is 0 Å². The molecule has 0 aromatic carbocycles. The molecule has 2 aromatic rings. The van der Waals surface area contributed by atoms with Gasteiger partial charge >= 0.3 is 0 Å². The van der Waals surface area contributed by atoms with E-state index in [1.807, 2.05) is 62.7 Å². The first kappa shape index (κ1) is 12.2. The summed E-state index contributed by atoms with van der Waals surface area (Å²) in [4.78, 5) is 8.68. The lowest BCUT2D eigenvalue weighted by Gasteiger charge is -1.96. The van der Waals surface area contributed by atoms with Gasteiger partial charge in [-0.2, -0.15) is 0 Å². The molecular formula is C16H16N2. The topological polar surface area (TPSA) is 25.8 Å². The third-order valence-corrected chi connectivity index (χ3v) is 2.53. The average molecular weight is 236 g/mol. The number of rotatable bonds is 3. The minimum absolute atomic E-state index is 0.936. The zero-order chi connectivity index (χ0) is 12.8. The van der Waals surface area contributed by atoms with Crippen LogP contribution in [0.5, 0.6) is 0 Å². The van der Waals surface area contributed by atoms with Gasteiger partial charge in [0.15, 0.2) is 0 Å². The highest BCUT2D eigenvalue weighted by molar-refractivity contribution is 5.66. The Morgan fingerprint density at radius 3 is 2.00 bits per heavy atom. The van der Waals surface area contributed by atoms with Crippen molar-refractivity contribution in [1.29, 1.82) is 0 Å². The van der Waals surface area contributed by atoms with E-state index in [1.165, 1.54) is 5.56 Å². The third-order valence-electron chi connectivity index (χ3n) is 2.53. The summed E-state index contributed by atoms with van der Waals surface area (Å²) in [5, 5.41) is 0. The second kappa shape index (κ2) is 5.92. The SMILES string of the molecule is C/C=C/c1ccc(/C=C/c2ccc(C)cn2)nc1. The van der Waals surface area contributed by atoms with Crippen LogP contribution in [0.25, 0.3) is 18.2 Å². The van der Waals surface area contributed by atoms with Crippen LogP contribution in [0.3, 0.4) is 0 Å². The van der Waals surface area contributed by atoms with Gasteiger partial charge in [0, 0.05) is 12.4 Å². The molecule has 0 amide bonds. The van der Waals surface area contributed by atoms with Crippen molar-refractivity contribution in [3.05, 3.63) is 65.2 Å². The van der Waals surface area contributed by atoms with Crippen LogP contribution in [-0.2, 0) is 0 Å². The molecule has 18 heavy (non-hydrogen) atoms. The second-order valence-electron chi connectivity index (χ2n) is 4.11. The Morgan fingerprint density at radius 2 is 1.50 bits per heavy atom. The summed E-state index contributed by atoms with van der Waals surface area (Å²) in [7, 11) is 0. The molecule has 0 aliphatic heterocycles. The van der Waals surface area contributed by atoms with E-state index < -0.39 is 0 Å². The second-order valence-corrected chi connectivity index (χ2v) is 4.11. The summed E-state index contributed by atoms with van der Waals surface area (Å²) in [5.74, 6) is 0. The zero-order valence-corrected chi connectivity index (χ0v) is 10.7. The molecule has 2 heteroatoms. The summed E-state index contributed by atoms with van der Waals surface area (Å²) >= 11 is 0. The molecule has 0 fully saturated rings. The molecule has 0 aliphatic carbocycles. The maximum Gasteiger partial charge on any atom is 0.0630 e. The van der Waals surface area contributed by atoms with Gasteiger partial charge in [-0.1, -0.05) is 24.3 Å². The van der Waals surface area contributed by atoms with Gasteiger partial charge in [0.1, 0.15) is 0 Å². The summed E-state index contributed by atoms with van der Waals surface area (Å²) in [5.41, 5.74) is 4.16. The molecule has 90 valence electrons. The lowest BCUT2D eigenvalue weighted by Crippen LogP contribution is -1.83. The van der Waals surface area contributed by atoms with Crippen molar-refractivity contribution in [2.24, 2.45) is 0 Å². The number of nitrogens with zero attached hydrogens (tertiary/aromatic N) is 2. The van der Waals surface area contributed by atoms with Gasteiger partial charge in [-0.25, -0.2) is 0 Å². The summed E-state index contributed by atoms with van der Waals surface area (Å²) in [6.07, 6.45) is 11.7. The summed E-state index contributed by atoms with van der Waals surface area (Å²) < 4.78 is 0. The molecule has 0 radical (unpaired) electrons. The maximum absolute atomic E-state index is 4.36. The molecule has 0 unspecified atom stereocenters. The van der Waals surface area contributed by atoms with Gasteiger partial charge in [-0.3, -0.25) is 9.97 Å². The lowest BCUT2D eigenvalue weighted by molar-refractivity contribution is 1.24. The Morgan fingerprint density at radius 1 is 0.833 bits per heavy atom. The smallest absolute Gasteiger partial charge is 0.0630 e. The van der Waals surface area contributed by atoms with Crippen molar-refractivity contribution in [2.75, 3.05) is 0 Å². The first-order chi connectivity index (χ1) is 8.78. The van der Waals surface area contributed by atoms with Crippen LogP contribution < -0.4 is 0 Å². The average Bonchev–Trinajstić information content (AvgIpc) is 2.40. The number of allylic oxidation sites excluding steroid dienone is 1. The summed E-state index contributed by atoms with van der Waals surface area (Å²) in [6, 6.07) is 8.10. The van der Waals surface area contributed by atoms with E-state index >= 15 is 0 Å². The van der Waals surface area contributed by atoms with Gasteiger partial charge < -0.3 is 0 Å². The van der Waals surface area contributed by atoms with E-state index in [9.17, 15) is 0 Å². The third kappa shape index (κ3) is 3.39. The lowest BCUT2D eigenvalue weighted by atomic mass is 10.2. The van der Waals surface area contributed by atoms with Gasteiger partial charge in [-0.15, -0.1) is 0 Å². The number of hydrogen-bond acceptors (Lipinski definition) is 2. The van der Waals surface area contributed by atoms with Crippen LogP contribution in [0.15, 0.2) is 42.7 Å². The standard InChI is InChI=1S/C16H16N2/c1-3-4-14-6-8-16(18-12-14)10-9-15-7-5-13(2)11-17-15/h3-12H,1-2H3/b4-3+,10-9+. The molecule has 0 saturated heterocycles. The molecule has 2 heterocycles. The van der Waals surface area contributed by atoms with Crippen LogP contribution in [0.2, 0.25) is 0 Å². The van der Waals surface area contributed by atoms with Gasteiger partial charge in [0.2, 0.25) is 0 Å². The van der Waals surface area contributed by atoms with Gasteiger partial charge in [0.05, 0.1) is 11.4 Å². The van der Waals surface area contributed by atoms with Crippen molar-refractivity contribution in [3.8, 4) is 0 Å². The molecule has 0 aliphatic rings. The van der Waals surface area contributed by atoms with E-state index in [2.05, 4.69) is 22.1 Å². The van der Waals surface area contributed by atoms with E-state index in [0.29, 0.717) is 0 Å². The molecule has 0 saturated carbocycles. The Bertz CT molecular complexity index is 549. The Hall–Kier alpha value is -2.22. The largest absolute Gasteiger partial charge is 0.257 e. The van der Waals surface area contributed by atoms with Crippen molar-refractivity contribution in [3.63, 3.8) is 0 Å². The van der Waals surface area contributed by atoms with Crippen LogP contribution in [-0.4, -0.2) is 9.97 Å². The van der Waals surface area contributed by atoms with Gasteiger partial charge in [0.25, 0.3) is 0 Å². The predicted molar refractivity (Wildman–Crippen MR) is 76.8 cm³/mol. The first-order valence-electron chi connectivity index (χ1n) is 5.97. The molecule has 0 spiro atoms.